The molecule has 0 fully saturated rings. The van der Waals surface area contributed by atoms with E-state index in [1.807, 2.05) is 32.2 Å². The summed E-state index contributed by atoms with van der Waals surface area (Å²) in [5.41, 5.74) is 1.05. The lowest BCUT2D eigenvalue weighted by molar-refractivity contribution is -0.132. The van der Waals surface area contributed by atoms with Crippen LogP contribution in [0.4, 0.5) is 0 Å². The number of aromatic nitrogens is 2. The molecule has 1 rings (SSSR count). The van der Waals surface area contributed by atoms with Crippen LogP contribution in [0.2, 0.25) is 0 Å². The van der Waals surface area contributed by atoms with Crippen LogP contribution in [-0.2, 0) is 23.1 Å². The molecule has 6 nitrogen and oxygen atoms in total. The van der Waals surface area contributed by atoms with E-state index in [1.54, 1.807) is 18.0 Å². The summed E-state index contributed by atoms with van der Waals surface area (Å²) >= 11 is 0. The standard InChI is InChI=1S/C14H26N4O2/c1-16(2)7-5-6-14(19)18(8-9-20-4)12-13-10-15-17(3)11-13/h10-11H,5-9,12H2,1-4H3. The number of ether oxygens (including phenoxy) is 1. The van der Waals surface area contributed by atoms with Crippen LogP contribution in [0.5, 0.6) is 0 Å². The second kappa shape index (κ2) is 8.71. The maximum Gasteiger partial charge on any atom is 0.222 e. The van der Waals surface area contributed by atoms with Gasteiger partial charge in [0.25, 0.3) is 0 Å². The lowest BCUT2D eigenvalue weighted by Crippen LogP contribution is -2.33. The Morgan fingerprint density at radius 3 is 2.70 bits per heavy atom. The Hall–Kier alpha value is -1.40. The Bertz CT molecular complexity index is 404. The van der Waals surface area contributed by atoms with E-state index in [0.29, 0.717) is 26.1 Å². The predicted molar refractivity (Wildman–Crippen MR) is 78.3 cm³/mol. The zero-order valence-electron chi connectivity index (χ0n) is 13.0. The second-order valence-corrected chi connectivity index (χ2v) is 5.24. The van der Waals surface area contributed by atoms with Crippen molar-refractivity contribution < 1.29 is 9.53 Å². The Labute approximate surface area is 121 Å². The average molecular weight is 282 g/mol. The number of carbonyl (C=O) groups excluding carboxylic acids is 1. The molecule has 0 aliphatic heterocycles. The fourth-order valence-corrected chi connectivity index (χ4v) is 1.97. The van der Waals surface area contributed by atoms with Gasteiger partial charge in [-0.2, -0.15) is 5.10 Å². The minimum atomic E-state index is 0.174. The van der Waals surface area contributed by atoms with Crippen molar-refractivity contribution in [2.75, 3.05) is 40.9 Å². The number of aryl methyl sites for hydroxylation is 1. The number of hydrogen-bond acceptors (Lipinski definition) is 4. The van der Waals surface area contributed by atoms with Crippen molar-refractivity contribution in [3.8, 4) is 0 Å². The third kappa shape index (κ3) is 6.16. The monoisotopic (exact) mass is 282 g/mol. The van der Waals surface area contributed by atoms with Crippen molar-refractivity contribution in [2.24, 2.45) is 7.05 Å². The topological polar surface area (TPSA) is 50.6 Å². The van der Waals surface area contributed by atoms with E-state index < -0.39 is 0 Å². The van der Waals surface area contributed by atoms with E-state index in [1.165, 1.54) is 0 Å². The van der Waals surface area contributed by atoms with Crippen molar-refractivity contribution in [3.05, 3.63) is 18.0 Å². The highest BCUT2D eigenvalue weighted by molar-refractivity contribution is 5.76. The van der Waals surface area contributed by atoms with E-state index in [9.17, 15) is 4.79 Å². The predicted octanol–water partition coefficient (Wildman–Crippen LogP) is 0.737. The number of amides is 1. The van der Waals surface area contributed by atoms with Crippen LogP contribution < -0.4 is 0 Å². The van der Waals surface area contributed by atoms with Gasteiger partial charge >= 0.3 is 0 Å². The molecule has 0 radical (unpaired) electrons. The number of carbonyl (C=O) groups is 1. The largest absolute Gasteiger partial charge is 0.383 e. The van der Waals surface area contributed by atoms with Crippen molar-refractivity contribution in [3.63, 3.8) is 0 Å². The van der Waals surface area contributed by atoms with Crippen LogP contribution in [0.3, 0.4) is 0 Å². The molecule has 0 spiro atoms. The van der Waals surface area contributed by atoms with Crippen LogP contribution in [0, 0.1) is 0 Å². The minimum absolute atomic E-state index is 0.174. The molecule has 0 aliphatic rings. The first-order valence-electron chi connectivity index (χ1n) is 6.92. The Morgan fingerprint density at radius 2 is 2.15 bits per heavy atom. The summed E-state index contributed by atoms with van der Waals surface area (Å²) in [6.45, 7) is 2.70. The smallest absolute Gasteiger partial charge is 0.222 e. The van der Waals surface area contributed by atoms with E-state index in [-0.39, 0.29) is 5.91 Å². The van der Waals surface area contributed by atoms with Gasteiger partial charge in [-0.25, -0.2) is 0 Å². The lowest BCUT2D eigenvalue weighted by atomic mass is 10.2. The molecule has 1 aromatic heterocycles. The molecular formula is C14H26N4O2. The maximum absolute atomic E-state index is 12.3. The Kier molecular flexibility index (Phi) is 7.25. The van der Waals surface area contributed by atoms with E-state index >= 15 is 0 Å². The van der Waals surface area contributed by atoms with E-state index in [4.69, 9.17) is 4.74 Å². The molecule has 0 unspecified atom stereocenters. The summed E-state index contributed by atoms with van der Waals surface area (Å²) in [6.07, 6.45) is 5.18. The SMILES string of the molecule is COCCN(Cc1cnn(C)c1)C(=O)CCCN(C)C. The van der Waals surface area contributed by atoms with Crippen LogP contribution in [0.15, 0.2) is 12.4 Å². The van der Waals surface area contributed by atoms with Gasteiger partial charge in [0, 0.05) is 45.4 Å². The zero-order chi connectivity index (χ0) is 15.0. The van der Waals surface area contributed by atoms with Crippen molar-refractivity contribution in [2.45, 2.75) is 19.4 Å². The van der Waals surface area contributed by atoms with Crippen LogP contribution in [0.25, 0.3) is 0 Å². The fourth-order valence-electron chi connectivity index (χ4n) is 1.97. The first kappa shape index (κ1) is 16.7. The first-order valence-corrected chi connectivity index (χ1v) is 6.92. The average Bonchev–Trinajstić information content (AvgIpc) is 2.79. The summed E-state index contributed by atoms with van der Waals surface area (Å²) in [6, 6.07) is 0. The van der Waals surface area contributed by atoms with Crippen molar-refractivity contribution in [1.29, 1.82) is 0 Å². The quantitative estimate of drug-likeness (QED) is 0.670. The van der Waals surface area contributed by atoms with Gasteiger partial charge in [0.15, 0.2) is 0 Å². The molecule has 0 N–H and O–H groups in total. The van der Waals surface area contributed by atoms with Gasteiger partial charge < -0.3 is 14.5 Å². The van der Waals surface area contributed by atoms with E-state index in [0.717, 1.165) is 18.5 Å². The molecule has 0 bridgehead atoms. The summed E-state index contributed by atoms with van der Waals surface area (Å²) in [7, 11) is 7.56. The highest BCUT2D eigenvalue weighted by Gasteiger charge is 2.14. The summed E-state index contributed by atoms with van der Waals surface area (Å²) in [4.78, 5) is 16.2. The molecule has 0 atom stereocenters. The number of hydrogen-bond donors (Lipinski definition) is 0. The highest BCUT2D eigenvalue weighted by Crippen LogP contribution is 2.06. The number of nitrogens with zero attached hydrogens (tertiary/aromatic N) is 4. The summed E-state index contributed by atoms with van der Waals surface area (Å²) < 4.78 is 6.84. The van der Waals surface area contributed by atoms with Crippen LogP contribution >= 0.6 is 0 Å². The van der Waals surface area contributed by atoms with Gasteiger partial charge in [0.2, 0.25) is 5.91 Å². The Morgan fingerprint density at radius 1 is 1.40 bits per heavy atom. The van der Waals surface area contributed by atoms with Crippen molar-refractivity contribution in [1.82, 2.24) is 19.6 Å². The highest BCUT2D eigenvalue weighted by atomic mass is 16.5. The molecular weight excluding hydrogens is 256 g/mol. The Balaban J connectivity index is 2.51. The van der Waals surface area contributed by atoms with E-state index in [2.05, 4.69) is 10.00 Å². The van der Waals surface area contributed by atoms with Crippen LogP contribution in [-0.4, -0.2) is 66.4 Å². The second-order valence-electron chi connectivity index (χ2n) is 5.24. The molecule has 20 heavy (non-hydrogen) atoms. The fraction of sp³-hybridized carbons (Fsp3) is 0.714. The lowest BCUT2D eigenvalue weighted by Gasteiger charge is -2.22. The van der Waals surface area contributed by atoms with Gasteiger partial charge in [-0.3, -0.25) is 9.48 Å². The minimum Gasteiger partial charge on any atom is -0.383 e. The molecule has 1 amide bonds. The van der Waals surface area contributed by atoms with Gasteiger partial charge in [0.05, 0.1) is 12.8 Å². The molecule has 0 saturated heterocycles. The summed E-state index contributed by atoms with van der Waals surface area (Å²) in [5, 5.41) is 4.14. The van der Waals surface area contributed by atoms with Gasteiger partial charge in [-0.1, -0.05) is 0 Å². The molecule has 1 aromatic rings. The normalized spacial score (nSPS) is 11.1. The maximum atomic E-state index is 12.3. The van der Waals surface area contributed by atoms with Gasteiger partial charge in [0.1, 0.15) is 0 Å². The number of rotatable bonds is 9. The third-order valence-corrected chi connectivity index (χ3v) is 3.05. The molecule has 0 aliphatic carbocycles. The molecule has 114 valence electrons. The zero-order valence-corrected chi connectivity index (χ0v) is 13.0. The van der Waals surface area contributed by atoms with Crippen molar-refractivity contribution >= 4 is 5.91 Å². The molecule has 1 heterocycles. The first-order chi connectivity index (χ1) is 9.52. The molecule has 0 saturated carbocycles. The molecule has 6 heteroatoms. The van der Waals surface area contributed by atoms with Crippen LogP contribution in [0.1, 0.15) is 18.4 Å². The third-order valence-electron chi connectivity index (χ3n) is 3.05. The number of methoxy groups -OCH3 is 1. The van der Waals surface area contributed by atoms with Gasteiger partial charge in [-0.05, 0) is 27.1 Å². The summed E-state index contributed by atoms with van der Waals surface area (Å²) in [5.74, 6) is 0.174. The molecule has 0 aromatic carbocycles. The van der Waals surface area contributed by atoms with Gasteiger partial charge in [-0.15, -0.1) is 0 Å².